The zero-order valence-corrected chi connectivity index (χ0v) is 19.1. The fourth-order valence-corrected chi connectivity index (χ4v) is 4.18. The molecule has 2 aromatic rings. The van der Waals surface area contributed by atoms with Crippen LogP contribution in [0.3, 0.4) is 0 Å². The van der Waals surface area contributed by atoms with E-state index in [1.54, 1.807) is 42.7 Å². The summed E-state index contributed by atoms with van der Waals surface area (Å²) >= 11 is 0. The minimum atomic E-state index is -0.852. The van der Waals surface area contributed by atoms with Crippen LogP contribution in [-0.4, -0.2) is 96.5 Å². The lowest BCUT2D eigenvalue weighted by Gasteiger charge is -2.38. The monoisotopic (exact) mass is 467 g/mol. The van der Waals surface area contributed by atoms with Gasteiger partial charge in [0.05, 0.1) is 25.8 Å². The van der Waals surface area contributed by atoms with Gasteiger partial charge in [-0.3, -0.25) is 19.3 Å². The van der Waals surface area contributed by atoms with Crippen molar-refractivity contribution >= 4 is 29.4 Å². The molecule has 1 aromatic carbocycles. The summed E-state index contributed by atoms with van der Waals surface area (Å²) in [4.78, 5) is 52.6. The lowest BCUT2D eigenvalue weighted by Crippen LogP contribution is -2.60. The van der Waals surface area contributed by atoms with Crippen LogP contribution in [0.5, 0.6) is 5.75 Å². The Hall–Kier alpha value is -3.73. The number of benzene rings is 1. The molecule has 11 heteroatoms. The van der Waals surface area contributed by atoms with E-state index >= 15 is 0 Å². The van der Waals surface area contributed by atoms with Gasteiger partial charge in [-0.1, -0.05) is 12.1 Å². The molecule has 2 fully saturated rings. The van der Waals surface area contributed by atoms with E-state index in [1.807, 2.05) is 0 Å². The molecule has 2 saturated heterocycles. The van der Waals surface area contributed by atoms with Gasteiger partial charge < -0.3 is 25.2 Å². The average Bonchev–Trinajstić information content (AvgIpc) is 2.86. The topological polar surface area (TPSA) is 120 Å². The lowest BCUT2D eigenvalue weighted by atomic mass is 10.1. The number of ether oxygens (including phenoxy) is 1. The van der Waals surface area contributed by atoms with E-state index in [9.17, 15) is 14.4 Å². The van der Waals surface area contributed by atoms with Crippen molar-refractivity contribution in [2.45, 2.75) is 12.5 Å². The number of anilines is 2. The Morgan fingerprint density at radius 1 is 1.09 bits per heavy atom. The zero-order chi connectivity index (χ0) is 23.9. The molecule has 4 rings (SSSR count). The van der Waals surface area contributed by atoms with Gasteiger partial charge in [0.25, 0.3) is 0 Å². The molecule has 180 valence electrons. The molecule has 2 aliphatic rings. The van der Waals surface area contributed by atoms with Crippen LogP contribution in [0.25, 0.3) is 0 Å². The van der Waals surface area contributed by atoms with E-state index < -0.39 is 6.04 Å². The lowest BCUT2D eigenvalue weighted by molar-refractivity contribution is -0.145. The van der Waals surface area contributed by atoms with E-state index in [0.717, 1.165) is 0 Å². The summed E-state index contributed by atoms with van der Waals surface area (Å²) in [5.74, 6) is 0.371. The smallest absolute Gasteiger partial charge is 0.243 e. The second-order valence-electron chi connectivity index (χ2n) is 8.16. The summed E-state index contributed by atoms with van der Waals surface area (Å²) in [6.07, 6.45) is 3.29. The Labute approximate surface area is 198 Å². The minimum absolute atomic E-state index is 0.130. The van der Waals surface area contributed by atoms with Crippen LogP contribution in [0.2, 0.25) is 0 Å². The number of nitrogens with one attached hydrogen (secondary N) is 2. The fourth-order valence-electron chi connectivity index (χ4n) is 4.18. The van der Waals surface area contributed by atoms with Crippen LogP contribution in [0.15, 0.2) is 42.7 Å². The van der Waals surface area contributed by atoms with Crippen LogP contribution in [0.1, 0.15) is 6.42 Å². The van der Waals surface area contributed by atoms with Crippen LogP contribution in [0, 0.1) is 0 Å². The summed E-state index contributed by atoms with van der Waals surface area (Å²) in [6.45, 7) is 3.72. The number of aromatic nitrogens is 2. The number of piperazine rings is 2. The summed E-state index contributed by atoms with van der Waals surface area (Å²) in [6, 6.07) is 7.97. The molecule has 0 saturated carbocycles. The standard InChI is InChI=1S/C23H29N7O4/c1-34-19-6-3-2-5-17(19)27-20(31)15-18-22(33)24-9-10-30(18)21(32)16-28-11-13-29(14-12-28)23-25-7-4-8-26-23/h2-8,18H,9-16H2,1H3,(H,24,33)(H,27,31)/t18-/m1/s1. The van der Waals surface area contributed by atoms with Gasteiger partial charge in [0.2, 0.25) is 23.7 Å². The Bertz CT molecular complexity index is 1010. The number of hydrogen-bond donors (Lipinski definition) is 2. The molecule has 0 aliphatic carbocycles. The van der Waals surface area contributed by atoms with E-state index in [0.29, 0.717) is 56.7 Å². The maximum Gasteiger partial charge on any atom is 0.243 e. The molecule has 2 aliphatic heterocycles. The number of carbonyl (C=O) groups is 3. The molecule has 1 atom stereocenters. The summed E-state index contributed by atoms with van der Waals surface area (Å²) in [5.41, 5.74) is 0.518. The average molecular weight is 468 g/mol. The minimum Gasteiger partial charge on any atom is -0.495 e. The zero-order valence-electron chi connectivity index (χ0n) is 19.1. The molecule has 0 unspecified atom stereocenters. The van der Waals surface area contributed by atoms with Gasteiger partial charge in [-0.25, -0.2) is 9.97 Å². The maximum absolute atomic E-state index is 13.1. The van der Waals surface area contributed by atoms with Gasteiger partial charge in [-0.05, 0) is 18.2 Å². The number of rotatable bonds is 7. The number of methoxy groups -OCH3 is 1. The van der Waals surface area contributed by atoms with Crippen molar-refractivity contribution in [3.63, 3.8) is 0 Å². The number of hydrogen-bond acceptors (Lipinski definition) is 8. The van der Waals surface area contributed by atoms with Crippen LogP contribution >= 0.6 is 0 Å². The Morgan fingerprint density at radius 3 is 2.56 bits per heavy atom. The summed E-state index contributed by atoms with van der Waals surface area (Å²) in [7, 11) is 1.52. The Balaban J connectivity index is 1.34. The van der Waals surface area contributed by atoms with Crippen molar-refractivity contribution in [2.24, 2.45) is 0 Å². The SMILES string of the molecule is COc1ccccc1NC(=O)C[C@@H]1C(=O)NCCN1C(=O)CN1CCN(c2ncccn2)CC1. The first kappa shape index (κ1) is 23.4. The van der Waals surface area contributed by atoms with Gasteiger partial charge in [0, 0.05) is 51.7 Å². The Morgan fingerprint density at radius 2 is 1.82 bits per heavy atom. The molecule has 3 heterocycles. The van der Waals surface area contributed by atoms with Gasteiger partial charge in [-0.15, -0.1) is 0 Å². The molecule has 0 bridgehead atoms. The predicted molar refractivity (Wildman–Crippen MR) is 125 cm³/mol. The highest BCUT2D eigenvalue weighted by Gasteiger charge is 2.35. The summed E-state index contributed by atoms with van der Waals surface area (Å²) in [5, 5.41) is 5.55. The summed E-state index contributed by atoms with van der Waals surface area (Å²) < 4.78 is 5.26. The van der Waals surface area contributed by atoms with E-state index in [2.05, 4.69) is 30.4 Å². The molecule has 0 spiro atoms. The van der Waals surface area contributed by atoms with Crippen molar-refractivity contribution in [1.82, 2.24) is 25.1 Å². The van der Waals surface area contributed by atoms with Crippen molar-refractivity contribution in [2.75, 3.05) is 63.1 Å². The number of para-hydroxylation sites is 2. The number of carbonyl (C=O) groups excluding carboxylic acids is 3. The highest BCUT2D eigenvalue weighted by atomic mass is 16.5. The molecule has 1 aromatic heterocycles. The van der Waals surface area contributed by atoms with Crippen LogP contribution in [0.4, 0.5) is 11.6 Å². The fraction of sp³-hybridized carbons (Fsp3) is 0.435. The predicted octanol–water partition coefficient (Wildman–Crippen LogP) is -0.0370. The molecular formula is C23H29N7O4. The van der Waals surface area contributed by atoms with Crippen LogP contribution < -0.4 is 20.3 Å². The molecule has 11 nitrogen and oxygen atoms in total. The molecule has 2 N–H and O–H groups in total. The number of amides is 3. The highest BCUT2D eigenvalue weighted by Crippen LogP contribution is 2.23. The molecule has 34 heavy (non-hydrogen) atoms. The second kappa shape index (κ2) is 10.9. The third-order valence-corrected chi connectivity index (χ3v) is 5.98. The molecule has 0 radical (unpaired) electrons. The first-order valence-corrected chi connectivity index (χ1v) is 11.3. The highest BCUT2D eigenvalue weighted by molar-refractivity contribution is 5.98. The van der Waals surface area contributed by atoms with Gasteiger partial charge >= 0.3 is 0 Å². The van der Waals surface area contributed by atoms with Crippen molar-refractivity contribution in [3.8, 4) is 5.75 Å². The first-order chi connectivity index (χ1) is 16.5. The van der Waals surface area contributed by atoms with E-state index in [4.69, 9.17) is 4.74 Å². The molecule has 3 amide bonds. The van der Waals surface area contributed by atoms with Gasteiger partial charge in [0.15, 0.2) is 0 Å². The first-order valence-electron chi connectivity index (χ1n) is 11.3. The maximum atomic E-state index is 13.1. The molecular weight excluding hydrogens is 438 g/mol. The van der Waals surface area contributed by atoms with Crippen molar-refractivity contribution < 1.29 is 19.1 Å². The normalized spacial score (nSPS) is 18.9. The third-order valence-electron chi connectivity index (χ3n) is 5.98. The largest absolute Gasteiger partial charge is 0.495 e. The second-order valence-corrected chi connectivity index (χ2v) is 8.16. The Kier molecular flexibility index (Phi) is 7.53. The quantitative estimate of drug-likeness (QED) is 0.582. The van der Waals surface area contributed by atoms with Crippen molar-refractivity contribution in [3.05, 3.63) is 42.7 Å². The van der Waals surface area contributed by atoms with Crippen LogP contribution in [-0.2, 0) is 14.4 Å². The van der Waals surface area contributed by atoms with Gasteiger partial charge in [0.1, 0.15) is 11.8 Å². The van der Waals surface area contributed by atoms with Gasteiger partial charge in [-0.2, -0.15) is 0 Å². The van der Waals surface area contributed by atoms with E-state index in [1.165, 1.54) is 12.0 Å². The third kappa shape index (κ3) is 5.60. The number of nitrogens with zero attached hydrogens (tertiary/aromatic N) is 5. The van der Waals surface area contributed by atoms with E-state index in [-0.39, 0.29) is 30.7 Å². The van der Waals surface area contributed by atoms with Crippen molar-refractivity contribution in [1.29, 1.82) is 0 Å².